The van der Waals surface area contributed by atoms with Crippen molar-refractivity contribution in [3.05, 3.63) is 22.5 Å². The minimum absolute atomic E-state index is 0.163. The Bertz CT molecular complexity index is 606. The molecule has 1 saturated heterocycles. The fraction of sp³-hybridized carbons (Fsp3) is 0.667. The zero-order chi connectivity index (χ0) is 17.9. The molecule has 2 atom stereocenters. The molecule has 134 valence electrons. The molecule has 24 heavy (non-hydrogen) atoms. The highest BCUT2D eigenvalue weighted by Gasteiger charge is 2.29. The first-order valence-corrected chi connectivity index (χ1v) is 8.54. The Morgan fingerprint density at radius 2 is 2.08 bits per heavy atom. The van der Waals surface area contributed by atoms with Crippen molar-refractivity contribution in [2.24, 2.45) is 11.8 Å². The molecule has 1 aliphatic rings. The summed E-state index contributed by atoms with van der Waals surface area (Å²) in [4.78, 5) is 27.3. The Morgan fingerprint density at radius 1 is 1.38 bits per heavy atom. The van der Waals surface area contributed by atoms with Crippen LogP contribution in [0.15, 0.2) is 0 Å². The van der Waals surface area contributed by atoms with E-state index in [1.54, 1.807) is 13.8 Å². The van der Waals surface area contributed by atoms with Gasteiger partial charge < -0.3 is 19.8 Å². The van der Waals surface area contributed by atoms with E-state index in [1.165, 1.54) is 7.11 Å². The lowest BCUT2D eigenvalue weighted by atomic mass is 9.87. The SMILES string of the molecule is COC(=O)c1[nH]c(C)c(C(=O)NC[C@H]2CCCO[C@@H]2C(C)C)c1C. The van der Waals surface area contributed by atoms with Crippen molar-refractivity contribution in [1.29, 1.82) is 0 Å². The third kappa shape index (κ3) is 3.80. The highest BCUT2D eigenvalue weighted by Crippen LogP contribution is 2.26. The average molecular weight is 336 g/mol. The van der Waals surface area contributed by atoms with Crippen molar-refractivity contribution in [2.75, 3.05) is 20.3 Å². The smallest absolute Gasteiger partial charge is 0.354 e. The molecule has 2 N–H and O–H groups in total. The summed E-state index contributed by atoms with van der Waals surface area (Å²) in [6.07, 6.45) is 2.26. The molecule has 0 unspecified atom stereocenters. The first kappa shape index (κ1) is 18.5. The van der Waals surface area contributed by atoms with Gasteiger partial charge in [-0.2, -0.15) is 0 Å². The van der Waals surface area contributed by atoms with Gasteiger partial charge in [0.25, 0.3) is 5.91 Å². The van der Waals surface area contributed by atoms with Crippen molar-refractivity contribution < 1.29 is 19.1 Å². The van der Waals surface area contributed by atoms with Gasteiger partial charge in [-0.3, -0.25) is 4.79 Å². The molecule has 1 aromatic heterocycles. The summed E-state index contributed by atoms with van der Waals surface area (Å²) in [5, 5.41) is 3.01. The second-order valence-corrected chi connectivity index (χ2v) is 6.81. The molecule has 1 aromatic rings. The normalized spacial score (nSPS) is 20.9. The third-order valence-electron chi connectivity index (χ3n) is 4.73. The van der Waals surface area contributed by atoms with Crippen LogP contribution in [0.4, 0.5) is 0 Å². The van der Waals surface area contributed by atoms with E-state index >= 15 is 0 Å². The zero-order valence-corrected chi connectivity index (χ0v) is 15.2. The highest BCUT2D eigenvalue weighted by atomic mass is 16.5. The molecule has 2 heterocycles. The van der Waals surface area contributed by atoms with Crippen LogP contribution >= 0.6 is 0 Å². The number of aryl methyl sites for hydroxylation is 1. The topological polar surface area (TPSA) is 80.4 Å². The Labute approximate surface area is 143 Å². The molecule has 1 amide bonds. The summed E-state index contributed by atoms with van der Waals surface area (Å²) < 4.78 is 10.6. The van der Waals surface area contributed by atoms with Gasteiger partial charge in [-0.05, 0) is 38.2 Å². The van der Waals surface area contributed by atoms with Gasteiger partial charge in [-0.15, -0.1) is 0 Å². The molecule has 6 nitrogen and oxygen atoms in total. The Balaban J connectivity index is 2.07. The molecular weight excluding hydrogens is 308 g/mol. The van der Waals surface area contributed by atoms with Gasteiger partial charge in [0, 0.05) is 24.8 Å². The van der Waals surface area contributed by atoms with Crippen molar-refractivity contribution in [3.63, 3.8) is 0 Å². The van der Waals surface area contributed by atoms with Crippen LogP contribution in [-0.2, 0) is 9.47 Å². The summed E-state index contributed by atoms with van der Waals surface area (Å²) >= 11 is 0. The molecular formula is C18H28N2O4. The van der Waals surface area contributed by atoms with Crippen LogP contribution in [-0.4, -0.2) is 43.2 Å². The number of hydrogen-bond acceptors (Lipinski definition) is 4. The van der Waals surface area contributed by atoms with E-state index in [4.69, 9.17) is 9.47 Å². The molecule has 2 rings (SSSR count). The molecule has 1 aliphatic heterocycles. The molecule has 1 fully saturated rings. The van der Waals surface area contributed by atoms with E-state index in [1.807, 2.05) is 0 Å². The van der Waals surface area contributed by atoms with Crippen LogP contribution in [0.3, 0.4) is 0 Å². The van der Waals surface area contributed by atoms with Gasteiger partial charge in [-0.25, -0.2) is 4.79 Å². The van der Waals surface area contributed by atoms with Gasteiger partial charge in [0.15, 0.2) is 0 Å². The molecule has 0 bridgehead atoms. The molecule has 0 spiro atoms. The average Bonchev–Trinajstić information content (AvgIpc) is 2.86. The van der Waals surface area contributed by atoms with Crippen LogP contribution < -0.4 is 5.32 Å². The van der Waals surface area contributed by atoms with E-state index in [2.05, 4.69) is 24.1 Å². The van der Waals surface area contributed by atoms with Crippen LogP contribution in [0.5, 0.6) is 0 Å². The summed E-state index contributed by atoms with van der Waals surface area (Å²) in [5.41, 5.74) is 2.15. The quantitative estimate of drug-likeness (QED) is 0.810. The number of methoxy groups -OCH3 is 1. The lowest BCUT2D eigenvalue weighted by Gasteiger charge is -2.34. The molecule has 0 aromatic carbocycles. The Kier molecular flexibility index (Phi) is 6.04. The van der Waals surface area contributed by atoms with Crippen molar-refractivity contribution in [2.45, 2.75) is 46.6 Å². The summed E-state index contributed by atoms with van der Waals surface area (Å²) in [6, 6.07) is 0. The number of hydrogen-bond donors (Lipinski definition) is 2. The van der Waals surface area contributed by atoms with Gasteiger partial charge in [-0.1, -0.05) is 13.8 Å². The largest absolute Gasteiger partial charge is 0.464 e. The monoisotopic (exact) mass is 336 g/mol. The van der Waals surface area contributed by atoms with Crippen LogP contribution in [0.1, 0.15) is 58.8 Å². The number of carbonyl (C=O) groups is 2. The fourth-order valence-corrected chi connectivity index (χ4v) is 3.53. The molecule has 0 radical (unpaired) electrons. The Hall–Kier alpha value is -1.82. The van der Waals surface area contributed by atoms with E-state index in [0.717, 1.165) is 19.4 Å². The number of H-pyrrole nitrogens is 1. The fourth-order valence-electron chi connectivity index (χ4n) is 3.53. The van der Waals surface area contributed by atoms with E-state index in [9.17, 15) is 9.59 Å². The van der Waals surface area contributed by atoms with Gasteiger partial charge >= 0.3 is 5.97 Å². The van der Waals surface area contributed by atoms with Crippen LogP contribution in [0, 0.1) is 25.7 Å². The number of amides is 1. The third-order valence-corrected chi connectivity index (χ3v) is 4.73. The second-order valence-electron chi connectivity index (χ2n) is 6.81. The molecule has 6 heteroatoms. The van der Waals surface area contributed by atoms with Gasteiger partial charge in [0.1, 0.15) is 5.69 Å². The predicted octanol–water partition coefficient (Wildman–Crippen LogP) is 2.60. The minimum atomic E-state index is -0.463. The summed E-state index contributed by atoms with van der Waals surface area (Å²) in [6.45, 7) is 9.22. The lowest BCUT2D eigenvalue weighted by molar-refractivity contribution is -0.0510. The predicted molar refractivity (Wildman–Crippen MR) is 91.2 cm³/mol. The van der Waals surface area contributed by atoms with Crippen molar-refractivity contribution in [3.8, 4) is 0 Å². The molecule has 0 aliphatic carbocycles. The maximum Gasteiger partial charge on any atom is 0.354 e. The number of ether oxygens (including phenoxy) is 2. The van der Waals surface area contributed by atoms with E-state index < -0.39 is 5.97 Å². The van der Waals surface area contributed by atoms with Gasteiger partial charge in [0.2, 0.25) is 0 Å². The maximum absolute atomic E-state index is 12.6. The van der Waals surface area contributed by atoms with Crippen molar-refractivity contribution >= 4 is 11.9 Å². The summed E-state index contributed by atoms with van der Waals surface area (Å²) in [5.74, 6) is 0.121. The maximum atomic E-state index is 12.6. The second kappa shape index (κ2) is 7.83. The number of nitrogens with one attached hydrogen (secondary N) is 2. The molecule has 0 saturated carbocycles. The van der Waals surface area contributed by atoms with Crippen molar-refractivity contribution in [1.82, 2.24) is 10.3 Å². The lowest BCUT2D eigenvalue weighted by Crippen LogP contribution is -2.41. The standard InChI is InChI=1S/C18H28N2O4/c1-10(2)16-13(7-6-8-24-16)9-19-17(21)14-11(3)15(18(22)23-5)20-12(14)4/h10,13,16,20H,6-9H2,1-5H3,(H,19,21)/t13-,16-/m1/s1. The van der Waals surface area contributed by atoms with Gasteiger partial charge in [0.05, 0.1) is 18.8 Å². The first-order valence-electron chi connectivity index (χ1n) is 8.54. The first-order chi connectivity index (χ1) is 11.4. The number of aromatic amines is 1. The highest BCUT2D eigenvalue weighted by molar-refractivity contribution is 6.01. The number of rotatable bonds is 5. The Morgan fingerprint density at radius 3 is 2.71 bits per heavy atom. The number of aromatic nitrogens is 1. The van der Waals surface area contributed by atoms with E-state index in [0.29, 0.717) is 40.9 Å². The van der Waals surface area contributed by atoms with E-state index in [-0.39, 0.29) is 12.0 Å². The number of carbonyl (C=O) groups excluding carboxylic acids is 2. The van der Waals surface area contributed by atoms with Crippen LogP contribution in [0.25, 0.3) is 0 Å². The number of esters is 1. The van der Waals surface area contributed by atoms with Crippen LogP contribution in [0.2, 0.25) is 0 Å². The zero-order valence-electron chi connectivity index (χ0n) is 15.2. The minimum Gasteiger partial charge on any atom is -0.464 e. The summed E-state index contributed by atoms with van der Waals surface area (Å²) in [7, 11) is 1.33.